The Kier molecular flexibility index (Phi) is 4.46. The second-order valence-corrected chi connectivity index (χ2v) is 5.27. The van der Waals surface area contributed by atoms with Gasteiger partial charge in [0.1, 0.15) is 5.82 Å². The average molecular weight is 279 g/mol. The van der Waals surface area contributed by atoms with Gasteiger partial charge in [-0.2, -0.15) is 0 Å². The monoisotopic (exact) mass is 279 g/mol. The molecule has 2 amide bonds. The van der Waals surface area contributed by atoms with Crippen molar-refractivity contribution in [1.82, 2.24) is 10.3 Å². The fourth-order valence-electron chi connectivity index (χ4n) is 1.57. The third-order valence-electron chi connectivity index (χ3n) is 2.43. The summed E-state index contributed by atoms with van der Waals surface area (Å²) < 4.78 is 12.9. The number of amides is 2. The Hall–Kier alpha value is -1.95. The van der Waals surface area contributed by atoms with Crippen molar-refractivity contribution in [2.45, 2.75) is 13.3 Å². The van der Waals surface area contributed by atoms with Crippen LogP contribution in [0.2, 0.25) is 0 Å². The topological polar surface area (TPSA) is 54.0 Å². The number of hydrogen-bond acceptors (Lipinski definition) is 3. The van der Waals surface area contributed by atoms with Crippen LogP contribution in [0.1, 0.15) is 10.4 Å². The maximum atomic E-state index is 12.9. The van der Waals surface area contributed by atoms with Crippen LogP contribution >= 0.6 is 11.3 Å². The molecule has 4 nitrogen and oxygen atoms in total. The minimum Gasteiger partial charge on any atom is -0.337 e. The van der Waals surface area contributed by atoms with Crippen LogP contribution in [-0.2, 0) is 6.42 Å². The molecule has 2 rings (SSSR count). The number of carbonyl (C=O) groups excluding carboxylic acids is 1. The highest BCUT2D eigenvalue weighted by Gasteiger charge is 2.04. The number of rotatable bonds is 4. The number of halogens is 1. The molecule has 0 aliphatic carbocycles. The summed E-state index contributed by atoms with van der Waals surface area (Å²) in [7, 11) is 0. The molecule has 1 aromatic carbocycles. The van der Waals surface area contributed by atoms with Crippen molar-refractivity contribution in [3.05, 3.63) is 46.7 Å². The first-order valence-electron chi connectivity index (χ1n) is 5.85. The van der Waals surface area contributed by atoms with E-state index < -0.39 is 0 Å². The van der Waals surface area contributed by atoms with Gasteiger partial charge in [-0.25, -0.2) is 14.2 Å². The van der Waals surface area contributed by atoms with Gasteiger partial charge in [0, 0.05) is 17.6 Å². The van der Waals surface area contributed by atoms with Crippen molar-refractivity contribution in [1.29, 1.82) is 0 Å². The number of nitrogens with zero attached hydrogens (tertiary/aromatic N) is 1. The van der Waals surface area contributed by atoms with Crippen LogP contribution in [0.4, 0.5) is 14.3 Å². The Bertz CT molecular complexity index is 571. The van der Waals surface area contributed by atoms with Crippen LogP contribution < -0.4 is 10.6 Å². The molecule has 0 aliphatic rings. The molecular weight excluding hydrogens is 265 g/mol. The van der Waals surface area contributed by atoms with Crippen molar-refractivity contribution in [3.63, 3.8) is 0 Å². The largest absolute Gasteiger partial charge is 0.337 e. The van der Waals surface area contributed by atoms with Gasteiger partial charge in [-0.15, -0.1) is 11.3 Å². The van der Waals surface area contributed by atoms with E-state index in [9.17, 15) is 9.18 Å². The summed E-state index contributed by atoms with van der Waals surface area (Å²) >= 11 is 1.42. The lowest BCUT2D eigenvalue weighted by atomic mass is 10.1. The molecule has 1 aromatic heterocycles. The standard InChI is InChI=1S/C13H14FN3OS/c1-9-8-16-13(19-9)17-12(18)15-6-5-10-3-2-4-11(14)7-10/h2-4,7-8H,5-6H2,1H3,(H2,15,16,17,18). The summed E-state index contributed by atoms with van der Waals surface area (Å²) in [5.41, 5.74) is 0.852. The molecule has 100 valence electrons. The normalized spacial score (nSPS) is 10.2. The van der Waals surface area contributed by atoms with Gasteiger partial charge in [0.15, 0.2) is 5.13 Å². The van der Waals surface area contributed by atoms with E-state index in [4.69, 9.17) is 0 Å². The number of carbonyl (C=O) groups is 1. The first kappa shape index (κ1) is 13.5. The summed E-state index contributed by atoms with van der Waals surface area (Å²) in [5.74, 6) is -0.264. The number of thiazole rings is 1. The number of nitrogens with one attached hydrogen (secondary N) is 2. The Labute approximate surface area is 114 Å². The summed E-state index contributed by atoms with van der Waals surface area (Å²) in [5, 5.41) is 5.92. The molecule has 0 fully saturated rings. The Morgan fingerprint density at radius 2 is 2.32 bits per heavy atom. The van der Waals surface area contributed by atoms with E-state index in [2.05, 4.69) is 15.6 Å². The van der Waals surface area contributed by atoms with Crippen molar-refractivity contribution in [2.24, 2.45) is 0 Å². The molecule has 0 atom stereocenters. The molecule has 0 spiro atoms. The fourth-order valence-corrected chi connectivity index (χ4v) is 2.23. The highest BCUT2D eigenvalue weighted by atomic mass is 32.1. The van der Waals surface area contributed by atoms with Crippen molar-refractivity contribution < 1.29 is 9.18 Å². The molecule has 6 heteroatoms. The zero-order chi connectivity index (χ0) is 13.7. The maximum absolute atomic E-state index is 12.9. The van der Waals surface area contributed by atoms with Crippen molar-refractivity contribution in [2.75, 3.05) is 11.9 Å². The SMILES string of the molecule is Cc1cnc(NC(=O)NCCc2cccc(F)c2)s1. The van der Waals surface area contributed by atoms with E-state index in [1.54, 1.807) is 12.3 Å². The second-order valence-electron chi connectivity index (χ2n) is 4.04. The van der Waals surface area contributed by atoms with E-state index in [1.807, 2.05) is 13.0 Å². The van der Waals surface area contributed by atoms with E-state index >= 15 is 0 Å². The van der Waals surface area contributed by atoms with Crippen LogP contribution in [0, 0.1) is 12.7 Å². The van der Waals surface area contributed by atoms with Crippen LogP contribution in [0.3, 0.4) is 0 Å². The molecule has 0 aliphatic heterocycles. The minimum absolute atomic E-state index is 0.264. The first-order chi connectivity index (χ1) is 9.13. The average Bonchev–Trinajstić information content (AvgIpc) is 2.75. The lowest BCUT2D eigenvalue weighted by Crippen LogP contribution is -2.30. The molecule has 0 saturated heterocycles. The molecular formula is C13H14FN3OS. The molecule has 19 heavy (non-hydrogen) atoms. The van der Waals surface area contributed by atoms with Crippen molar-refractivity contribution in [3.8, 4) is 0 Å². The van der Waals surface area contributed by atoms with Gasteiger partial charge in [-0.05, 0) is 31.0 Å². The van der Waals surface area contributed by atoms with E-state index in [1.165, 1.54) is 23.5 Å². The molecule has 0 unspecified atom stereocenters. The van der Waals surface area contributed by atoms with Crippen LogP contribution in [-0.4, -0.2) is 17.6 Å². The van der Waals surface area contributed by atoms with Gasteiger partial charge in [-0.1, -0.05) is 12.1 Å². The number of benzene rings is 1. The second kappa shape index (κ2) is 6.29. The highest BCUT2D eigenvalue weighted by Crippen LogP contribution is 2.15. The van der Waals surface area contributed by atoms with Gasteiger partial charge in [0.2, 0.25) is 0 Å². The summed E-state index contributed by atoms with van der Waals surface area (Å²) in [4.78, 5) is 16.6. The molecule has 2 aromatic rings. The fraction of sp³-hybridized carbons (Fsp3) is 0.231. The number of aryl methyl sites for hydroxylation is 1. The lowest BCUT2D eigenvalue weighted by molar-refractivity contribution is 0.252. The van der Waals surface area contributed by atoms with Crippen molar-refractivity contribution >= 4 is 22.5 Å². The predicted octanol–water partition coefficient (Wildman–Crippen LogP) is 2.95. The molecule has 2 N–H and O–H groups in total. The maximum Gasteiger partial charge on any atom is 0.321 e. The Morgan fingerprint density at radius 3 is 3.00 bits per heavy atom. The van der Waals surface area contributed by atoms with E-state index in [0.29, 0.717) is 18.1 Å². The van der Waals surface area contributed by atoms with Gasteiger partial charge < -0.3 is 5.32 Å². The number of aromatic nitrogens is 1. The van der Waals surface area contributed by atoms with Crippen LogP contribution in [0.25, 0.3) is 0 Å². The summed E-state index contributed by atoms with van der Waals surface area (Å²) in [6.45, 7) is 2.37. The third kappa shape index (κ3) is 4.33. The number of anilines is 1. The highest BCUT2D eigenvalue weighted by molar-refractivity contribution is 7.15. The van der Waals surface area contributed by atoms with Gasteiger partial charge in [0.25, 0.3) is 0 Å². The van der Waals surface area contributed by atoms with E-state index in [-0.39, 0.29) is 11.8 Å². The van der Waals surface area contributed by atoms with Crippen LogP contribution in [0.5, 0.6) is 0 Å². The first-order valence-corrected chi connectivity index (χ1v) is 6.67. The quantitative estimate of drug-likeness (QED) is 0.904. The lowest BCUT2D eigenvalue weighted by Gasteiger charge is -2.05. The predicted molar refractivity (Wildman–Crippen MR) is 74.0 cm³/mol. The Morgan fingerprint density at radius 1 is 1.47 bits per heavy atom. The molecule has 0 saturated carbocycles. The smallest absolute Gasteiger partial charge is 0.321 e. The van der Waals surface area contributed by atoms with E-state index in [0.717, 1.165) is 10.4 Å². The zero-order valence-corrected chi connectivity index (χ0v) is 11.3. The minimum atomic E-state index is -0.300. The summed E-state index contributed by atoms with van der Waals surface area (Å²) in [6.07, 6.45) is 2.29. The van der Waals surface area contributed by atoms with Crippen LogP contribution in [0.15, 0.2) is 30.5 Å². The van der Waals surface area contributed by atoms with Gasteiger partial charge >= 0.3 is 6.03 Å². The molecule has 0 radical (unpaired) electrons. The van der Waals surface area contributed by atoms with Gasteiger partial charge in [0.05, 0.1) is 0 Å². The number of urea groups is 1. The summed E-state index contributed by atoms with van der Waals surface area (Å²) in [6, 6.07) is 6.04. The number of hydrogen-bond donors (Lipinski definition) is 2. The molecule has 0 bridgehead atoms. The third-order valence-corrected chi connectivity index (χ3v) is 3.26. The molecule has 1 heterocycles. The Balaban J connectivity index is 1.75. The van der Waals surface area contributed by atoms with Gasteiger partial charge in [-0.3, -0.25) is 5.32 Å². The zero-order valence-electron chi connectivity index (χ0n) is 10.4.